The Kier molecular flexibility index (Phi) is 2.38. The van der Waals surface area contributed by atoms with Gasteiger partial charge in [0.15, 0.2) is 5.65 Å². The number of aromatic nitrogens is 4. The molecule has 0 aliphatic heterocycles. The minimum absolute atomic E-state index is 0.257. The zero-order chi connectivity index (χ0) is 12.7. The standard InChI is InChI=1S/C11H7ClFN5/c12-6-1-2-9(8(13)3-6)18-11-7(4-17-18)10(14)15-5-16-11/h1-5H,(H2,14,15,16). The SMILES string of the molecule is Nc1ncnc2c1cnn2-c1ccc(Cl)cc1F. The van der Waals surface area contributed by atoms with Crippen molar-refractivity contribution in [3.8, 4) is 5.69 Å². The third-order valence-corrected chi connectivity index (χ3v) is 2.77. The average molecular weight is 264 g/mol. The van der Waals surface area contributed by atoms with Crippen LogP contribution in [0.15, 0.2) is 30.7 Å². The molecule has 2 heterocycles. The van der Waals surface area contributed by atoms with E-state index in [1.54, 1.807) is 6.07 Å². The van der Waals surface area contributed by atoms with E-state index in [-0.39, 0.29) is 5.69 Å². The first-order valence-electron chi connectivity index (χ1n) is 5.06. The second-order valence-electron chi connectivity index (χ2n) is 3.65. The minimum atomic E-state index is -0.482. The van der Waals surface area contributed by atoms with Gasteiger partial charge in [0.2, 0.25) is 0 Å². The number of nitrogens with zero attached hydrogens (tertiary/aromatic N) is 4. The van der Waals surface area contributed by atoms with Gasteiger partial charge >= 0.3 is 0 Å². The van der Waals surface area contributed by atoms with Crippen LogP contribution in [0.25, 0.3) is 16.7 Å². The number of halogens is 2. The minimum Gasteiger partial charge on any atom is -0.383 e. The van der Waals surface area contributed by atoms with Crippen molar-refractivity contribution in [2.24, 2.45) is 0 Å². The molecule has 7 heteroatoms. The summed E-state index contributed by atoms with van der Waals surface area (Å²) in [5, 5.41) is 4.96. The van der Waals surface area contributed by atoms with Crippen LogP contribution in [-0.4, -0.2) is 19.7 Å². The Balaban J connectivity index is 2.29. The van der Waals surface area contributed by atoms with Crippen molar-refractivity contribution in [3.05, 3.63) is 41.6 Å². The molecule has 1 aromatic carbocycles. The number of hydrogen-bond donors (Lipinski definition) is 1. The molecule has 0 saturated carbocycles. The molecule has 0 amide bonds. The normalized spacial score (nSPS) is 11.0. The van der Waals surface area contributed by atoms with Gasteiger partial charge in [-0.15, -0.1) is 0 Å². The molecule has 0 spiro atoms. The predicted molar refractivity (Wildman–Crippen MR) is 66.0 cm³/mol. The summed E-state index contributed by atoms with van der Waals surface area (Å²) in [6.45, 7) is 0. The molecule has 2 N–H and O–H groups in total. The predicted octanol–water partition coefficient (Wildman–Crippen LogP) is 2.19. The van der Waals surface area contributed by atoms with Crippen LogP contribution in [-0.2, 0) is 0 Å². The topological polar surface area (TPSA) is 69.6 Å². The Bertz CT molecular complexity index is 739. The summed E-state index contributed by atoms with van der Waals surface area (Å²) < 4.78 is 15.2. The monoisotopic (exact) mass is 263 g/mol. The van der Waals surface area contributed by atoms with Gasteiger partial charge in [0.25, 0.3) is 0 Å². The number of nitrogens with two attached hydrogens (primary N) is 1. The van der Waals surface area contributed by atoms with Crippen LogP contribution >= 0.6 is 11.6 Å². The van der Waals surface area contributed by atoms with E-state index < -0.39 is 5.82 Å². The van der Waals surface area contributed by atoms with Crippen molar-refractivity contribution in [2.45, 2.75) is 0 Å². The Labute approximate surface area is 106 Å². The van der Waals surface area contributed by atoms with Crippen molar-refractivity contribution >= 4 is 28.5 Å². The van der Waals surface area contributed by atoms with Gasteiger partial charge in [0.05, 0.1) is 11.6 Å². The zero-order valence-electron chi connectivity index (χ0n) is 9.01. The van der Waals surface area contributed by atoms with Crippen molar-refractivity contribution in [2.75, 3.05) is 5.73 Å². The summed E-state index contributed by atoms with van der Waals surface area (Å²) >= 11 is 5.71. The summed E-state index contributed by atoms with van der Waals surface area (Å²) in [4.78, 5) is 7.90. The van der Waals surface area contributed by atoms with E-state index in [0.29, 0.717) is 21.9 Å². The molecule has 0 saturated heterocycles. The van der Waals surface area contributed by atoms with Crippen LogP contribution in [0.5, 0.6) is 0 Å². The fourth-order valence-corrected chi connectivity index (χ4v) is 1.85. The van der Waals surface area contributed by atoms with Crippen molar-refractivity contribution in [1.29, 1.82) is 0 Å². The fourth-order valence-electron chi connectivity index (χ4n) is 1.69. The van der Waals surface area contributed by atoms with Gasteiger partial charge in [-0.1, -0.05) is 11.6 Å². The maximum atomic E-state index is 13.8. The summed E-state index contributed by atoms with van der Waals surface area (Å²) in [5.41, 5.74) is 6.40. The van der Waals surface area contributed by atoms with Crippen LogP contribution in [0, 0.1) is 5.82 Å². The summed E-state index contributed by atoms with van der Waals surface area (Å²) in [6, 6.07) is 4.33. The van der Waals surface area contributed by atoms with Crippen molar-refractivity contribution in [1.82, 2.24) is 19.7 Å². The Morgan fingerprint density at radius 1 is 1.28 bits per heavy atom. The van der Waals surface area contributed by atoms with Gasteiger partial charge in [-0.25, -0.2) is 19.0 Å². The molecule has 0 unspecified atom stereocenters. The lowest BCUT2D eigenvalue weighted by molar-refractivity contribution is 0.612. The summed E-state index contributed by atoms with van der Waals surface area (Å²) in [7, 11) is 0. The van der Waals surface area contributed by atoms with E-state index in [9.17, 15) is 4.39 Å². The number of anilines is 1. The highest BCUT2D eigenvalue weighted by Crippen LogP contribution is 2.22. The molecule has 2 aromatic heterocycles. The number of benzene rings is 1. The first-order valence-corrected chi connectivity index (χ1v) is 5.44. The molecule has 0 aliphatic rings. The zero-order valence-corrected chi connectivity index (χ0v) is 9.76. The lowest BCUT2D eigenvalue weighted by Gasteiger charge is -2.04. The van der Waals surface area contributed by atoms with Crippen LogP contribution in [0.4, 0.5) is 10.2 Å². The molecule has 0 fully saturated rings. The maximum absolute atomic E-state index is 13.8. The third kappa shape index (κ3) is 1.58. The van der Waals surface area contributed by atoms with Crippen molar-refractivity contribution < 1.29 is 4.39 Å². The van der Waals surface area contributed by atoms with E-state index in [4.69, 9.17) is 17.3 Å². The molecule has 3 aromatic rings. The molecule has 0 bridgehead atoms. The van der Waals surface area contributed by atoms with E-state index in [1.807, 2.05) is 0 Å². The van der Waals surface area contributed by atoms with Crippen LogP contribution in [0.3, 0.4) is 0 Å². The number of nitrogen functional groups attached to an aromatic ring is 1. The number of fused-ring (bicyclic) bond motifs is 1. The molecule has 90 valence electrons. The Morgan fingerprint density at radius 2 is 2.11 bits per heavy atom. The van der Waals surface area contributed by atoms with E-state index >= 15 is 0 Å². The molecule has 0 radical (unpaired) electrons. The Morgan fingerprint density at radius 3 is 2.89 bits per heavy atom. The van der Waals surface area contributed by atoms with Gasteiger partial charge in [-0.3, -0.25) is 0 Å². The van der Waals surface area contributed by atoms with E-state index in [0.717, 1.165) is 0 Å². The van der Waals surface area contributed by atoms with Crippen molar-refractivity contribution in [3.63, 3.8) is 0 Å². The van der Waals surface area contributed by atoms with Gasteiger partial charge < -0.3 is 5.73 Å². The van der Waals surface area contributed by atoms with Crippen LogP contribution in [0.1, 0.15) is 0 Å². The first kappa shape index (κ1) is 10.9. The highest BCUT2D eigenvalue weighted by Gasteiger charge is 2.12. The molecule has 0 aliphatic carbocycles. The first-order chi connectivity index (χ1) is 8.66. The van der Waals surface area contributed by atoms with Gasteiger partial charge in [0.1, 0.15) is 23.6 Å². The highest BCUT2D eigenvalue weighted by molar-refractivity contribution is 6.30. The van der Waals surface area contributed by atoms with Gasteiger partial charge in [-0.2, -0.15) is 5.10 Å². The lowest BCUT2D eigenvalue weighted by atomic mass is 10.3. The van der Waals surface area contributed by atoms with Crippen LogP contribution in [0.2, 0.25) is 5.02 Å². The molecule has 18 heavy (non-hydrogen) atoms. The van der Waals surface area contributed by atoms with Crippen LogP contribution < -0.4 is 5.73 Å². The second kappa shape index (κ2) is 3.92. The lowest BCUT2D eigenvalue weighted by Crippen LogP contribution is -2.01. The fraction of sp³-hybridized carbons (Fsp3) is 0. The second-order valence-corrected chi connectivity index (χ2v) is 4.08. The number of rotatable bonds is 1. The third-order valence-electron chi connectivity index (χ3n) is 2.53. The van der Waals surface area contributed by atoms with E-state index in [2.05, 4.69) is 15.1 Å². The van der Waals surface area contributed by atoms with Gasteiger partial charge in [0, 0.05) is 5.02 Å². The highest BCUT2D eigenvalue weighted by atomic mass is 35.5. The molecule has 0 atom stereocenters. The molecule has 5 nitrogen and oxygen atoms in total. The van der Waals surface area contributed by atoms with E-state index in [1.165, 1.54) is 29.3 Å². The largest absolute Gasteiger partial charge is 0.383 e. The Hall–Kier alpha value is -2.21. The smallest absolute Gasteiger partial charge is 0.168 e. The molecular formula is C11H7ClFN5. The maximum Gasteiger partial charge on any atom is 0.168 e. The quantitative estimate of drug-likeness (QED) is 0.731. The number of hydrogen-bond acceptors (Lipinski definition) is 4. The molecule has 3 rings (SSSR count). The van der Waals surface area contributed by atoms with Gasteiger partial charge in [-0.05, 0) is 18.2 Å². The average Bonchev–Trinajstić information content (AvgIpc) is 2.74. The summed E-state index contributed by atoms with van der Waals surface area (Å²) in [5.74, 6) is -0.176. The molecular weight excluding hydrogens is 257 g/mol. The summed E-state index contributed by atoms with van der Waals surface area (Å²) in [6.07, 6.45) is 2.81.